The van der Waals surface area contributed by atoms with E-state index in [1.54, 1.807) is 0 Å². The van der Waals surface area contributed by atoms with Gasteiger partial charge in [0.2, 0.25) is 0 Å². The van der Waals surface area contributed by atoms with Gasteiger partial charge in [-0.05, 0) is 56.7 Å². The quantitative estimate of drug-likeness (QED) is 0.888. The molecule has 2 N–H and O–H groups in total. The molecule has 3 heteroatoms. The number of nitrogens with zero attached hydrogens (tertiary/aromatic N) is 1. The van der Waals surface area contributed by atoms with E-state index >= 15 is 0 Å². The molecule has 21 heavy (non-hydrogen) atoms. The first-order valence-corrected chi connectivity index (χ1v) is 8.45. The van der Waals surface area contributed by atoms with Crippen LogP contribution in [-0.4, -0.2) is 24.0 Å². The zero-order valence-corrected chi connectivity index (χ0v) is 14.5. The molecule has 1 aliphatic rings. The molecule has 1 fully saturated rings. The van der Waals surface area contributed by atoms with Crippen molar-refractivity contribution in [3.8, 4) is 0 Å². The highest BCUT2D eigenvalue weighted by molar-refractivity contribution is 6.31. The zero-order valence-electron chi connectivity index (χ0n) is 13.8. The fourth-order valence-corrected chi connectivity index (χ4v) is 4.56. The smallest absolute Gasteiger partial charge is 0.0453 e. The lowest BCUT2D eigenvalue weighted by molar-refractivity contribution is 0.0130. The van der Waals surface area contributed by atoms with Crippen LogP contribution in [0.3, 0.4) is 0 Å². The Labute approximate surface area is 134 Å². The van der Waals surface area contributed by atoms with Crippen LogP contribution in [0.15, 0.2) is 24.3 Å². The number of nitrogens with two attached hydrogens (primary N) is 1. The van der Waals surface area contributed by atoms with Crippen molar-refractivity contribution in [1.29, 1.82) is 0 Å². The molecule has 0 saturated heterocycles. The van der Waals surface area contributed by atoms with Gasteiger partial charge in [-0.1, -0.05) is 43.6 Å². The predicted molar refractivity (Wildman–Crippen MR) is 91.6 cm³/mol. The summed E-state index contributed by atoms with van der Waals surface area (Å²) < 4.78 is 0. The van der Waals surface area contributed by atoms with Crippen LogP contribution < -0.4 is 5.73 Å². The monoisotopic (exact) mass is 308 g/mol. The molecule has 1 aliphatic carbocycles. The number of likely N-dealkylation sites (N-methyl/N-ethyl adjacent to an activating group) is 1. The Morgan fingerprint density at radius 3 is 2.38 bits per heavy atom. The topological polar surface area (TPSA) is 29.3 Å². The second kappa shape index (κ2) is 6.68. The lowest BCUT2D eigenvalue weighted by atomic mass is 9.70. The maximum Gasteiger partial charge on any atom is 0.0453 e. The number of benzene rings is 1. The van der Waals surface area contributed by atoms with Crippen molar-refractivity contribution >= 4 is 11.6 Å². The Kier molecular flexibility index (Phi) is 5.34. The third-order valence-corrected chi connectivity index (χ3v) is 5.67. The molecule has 1 saturated carbocycles. The molecule has 118 valence electrons. The Morgan fingerprint density at radius 1 is 1.29 bits per heavy atom. The fourth-order valence-electron chi connectivity index (χ4n) is 4.27. The van der Waals surface area contributed by atoms with Crippen LogP contribution in [0.4, 0.5) is 0 Å². The number of hydrogen-bond donors (Lipinski definition) is 1. The van der Waals surface area contributed by atoms with Crippen molar-refractivity contribution in [2.45, 2.75) is 51.6 Å². The number of hydrogen-bond acceptors (Lipinski definition) is 2. The van der Waals surface area contributed by atoms with Gasteiger partial charge < -0.3 is 5.73 Å². The Bertz CT molecular complexity index is 464. The average Bonchev–Trinajstić information content (AvgIpc) is 2.45. The predicted octanol–water partition coefficient (Wildman–Crippen LogP) is 4.49. The van der Waals surface area contributed by atoms with E-state index in [1.165, 1.54) is 24.8 Å². The SMILES string of the molecule is CC1CC(C)CC(CN)(N(C)C(C)c2ccccc2Cl)C1. The van der Waals surface area contributed by atoms with E-state index in [2.05, 4.69) is 44.9 Å². The average molecular weight is 309 g/mol. The van der Waals surface area contributed by atoms with E-state index in [0.717, 1.165) is 16.9 Å². The van der Waals surface area contributed by atoms with Gasteiger partial charge in [-0.3, -0.25) is 4.90 Å². The van der Waals surface area contributed by atoms with Gasteiger partial charge in [-0.25, -0.2) is 0 Å². The van der Waals surface area contributed by atoms with E-state index in [1.807, 2.05) is 12.1 Å². The molecular formula is C18H29ClN2. The summed E-state index contributed by atoms with van der Waals surface area (Å²) in [4.78, 5) is 2.47. The molecule has 0 amide bonds. The largest absolute Gasteiger partial charge is 0.329 e. The molecule has 0 aromatic heterocycles. The first kappa shape index (κ1) is 16.8. The van der Waals surface area contributed by atoms with Crippen molar-refractivity contribution in [3.05, 3.63) is 34.9 Å². The zero-order chi connectivity index (χ0) is 15.6. The first-order valence-electron chi connectivity index (χ1n) is 8.07. The maximum atomic E-state index is 6.39. The Morgan fingerprint density at radius 2 is 1.86 bits per heavy atom. The highest BCUT2D eigenvalue weighted by Gasteiger charge is 2.42. The lowest BCUT2D eigenvalue weighted by Crippen LogP contribution is -2.56. The molecule has 0 bridgehead atoms. The molecule has 1 aromatic carbocycles. The molecule has 3 atom stereocenters. The molecule has 0 radical (unpaired) electrons. The van der Waals surface area contributed by atoms with Gasteiger partial charge in [-0.15, -0.1) is 0 Å². The van der Waals surface area contributed by atoms with Crippen LogP contribution in [0, 0.1) is 11.8 Å². The third kappa shape index (κ3) is 3.44. The van der Waals surface area contributed by atoms with Crippen LogP contribution in [0.1, 0.15) is 51.6 Å². The summed E-state index contributed by atoms with van der Waals surface area (Å²) in [7, 11) is 2.21. The van der Waals surface area contributed by atoms with E-state index in [9.17, 15) is 0 Å². The fraction of sp³-hybridized carbons (Fsp3) is 0.667. The second-order valence-electron chi connectivity index (χ2n) is 7.09. The van der Waals surface area contributed by atoms with Crippen molar-refractivity contribution in [2.24, 2.45) is 17.6 Å². The number of halogens is 1. The van der Waals surface area contributed by atoms with Gasteiger partial charge in [0.15, 0.2) is 0 Å². The summed E-state index contributed by atoms with van der Waals surface area (Å²) in [5.41, 5.74) is 7.53. The van der Waals surface area contributed by atoms with Crippen LogP contribution in [0.5, 0.6) is 0 Å². The highest BCUT2D eigenvalue weighted by atomic mass is 35.5. The van der Waals surface area contributed by atoms with Crippen molar-refractivity contribution in [3.63, 3.8) is 0 Å². The van der Waals surface area contributed by atoms with Crippen LogP contribution in [0.2, 0.25) is 5.02 Å². The van der Waals surface area contributed by atoms with Gasteiger partial charge in [0.05, 0.1) is 0 Å². The van der Waals surface area contributed by atoms with E-state index in [0.29, 0.717) is 6.54 Å². The van der Waals surface area contributed by atoms with Crippen LogP contribution in [-0.2, 0) is 0 Å². The van der Waals surface area contributed by atoms with Gasteiger partial charge in [-0.2, -0.15) is 0 Å². The molecule has 2 nitrogen and oxygen atoms in total. The lowest BCUT2D eigenvalue weighted by Gasteiger charge is -2.50. The van der Waals surface area contributed by atoms with Crippen molar-refractivity contribution < 1.29 is 0 Å². The van der Waals surface area contributed by atoms with Crippen LogP contribution in [0.25, 0.3) is 0 Å². The van der Waals surface area contributed by atoms with Crippen LogP contribution >= 0.6 is 11.6 Å². The second-order valence-corrected chi connectivity index (χ2v) is 7.50. The Balaban J connectivity index is 2.27. The molecule has 1 aromatic rings. The summed E-state index contributed by atoms with van der Waals surface area (Å²) >= 11 is 6.39. The van der Waals surface area contributed by atoms with Gasteiger partial charge in [0.25, 0.3) is 0 Å². The summed E-state index contributed by atoms with van der Waals surface area (Å²) in [6, 6.07) is 8.43. The third-order valence-electron chi connectivity index (χ3n) is 5.33. The normalized spacial score (nSPS) is 31.4. The summed E-state index contributed by atoms with van der Waals surface area (Å²) in [6.45, 7) is 7.66. The summed E-state index contributed by atoms with van der Waals surface area (Å²) in [6.07, 6.45) is 3.67. The van der Waals surface area contributed by atoms with Gasteiger partial charge >= 0.3 is 0 Å². The summed E-state index contributed by atoms with van der Waals surface area (Å²) in [5.74, 6) is 1.47. The maximum absolute atomic E-state index is 6.39. The highest BCUT2D eigenvalue weighted by Crippen LogP contribution is 2.42. The Hall–Kier alpha value is -0.570. The molecule has 0 aliphatic heterocycles. The molecule has 3 unspecified atom stereocenters. The molecule has 0 spiro atoms. The number of rotatable bonds is 4. The van der Waals surface area contributed by atoms with E-state index in [-0.39, 0.29) is 11.6 Å². The molecule has 0 heterocycles. The van der Waals surface area contributed by atoms with E-state index in [4.69, 9.17) is 17.3 Å². The van der Waals surface area contributed by atoms with Gasteiger partial charge in [0, 0.05) is 23.1 Å². The van der Waals surface area contributed by atoms with Crippen molar-refractivity contribution in [1.82, 2.24) is 4.90 Å². The molecular weight excluding hydrogens is 280 g/mol. The minimum Gasteiger partial charge on any atom is -0.329 e. The summed E-state index contributed by atoms with van der Waals surface area (Å²) in [5, 5.41) is 0.848. The minimum atomic E-state index is 0.0929. The van der Waals surface area contributed by atoms with E-state index < -0.39 is 0 Å². The van der Waals surface area contributed by atoms with Crippen molar-refractivity contribution in [2.75, 3.05) is 13.6 Å². The van der Waals surface area contributed by atoms with Gasteiger partial charge in [0.1, 0.15) is 0 Å². The molecule has 2 rings (SSSR count). The first-order chi connectivity index (χ1) is 9.89. The minimum absolute atomic E-state index is 0.0929. The standard InChI is InChI=1S/C18H29ClN2/c1-13-9-14(2)11-18(10-13,12-20)21(4)15(3)16-7-5-6-8-17(16)19/h5-8,13-15H,9-12,20H2,1-4H3.